The van der Waals surface area contributed by atoms with Crippen LogP contribution in [0.15, 0.2) is 36.4 Å². The average Bonchev–Trinajstić information content (AvgIpc) is 2.98. The molecule has 9 nitrogen and oxygen atoms in total. The summed E-state index contributed by atoms with van der Waals surface area (Å²) >= 11 is 0. The molecule has 0 saturated carbocycles. The molecule has 2 heterocycles. The zero-order chi connectivity index (χ0) is 28.9. The van der Waals surface area contributed by atoms with Crippen LogP contribution in [0.5, 0.6) is 23.0 Å². The number of hydrogen-bond donors (Lipinski definition) is 1. The Bertz CT molecular complexity index is 1150. The second-order valence-electron chi connectivity index (χ2n) is 11.1. The first-order valence-electron chi connectivity index (χ1n) is 14.0. The van der Waals surface area contributed by atoms with Crippen molar-refractivity contribution in [3.63, 3.8) is 0 Å². The summed E-state index contributed by atoms with van der Waals surface area (Å²) in [5.74, 6) is 1.88. The quantitative estimate of drug-likeness (QED) is 0.450. The molecule has 0 bridgehead atoms. The standard InChI is InChI=1S/C31H43N3O6/c1-31(2,30(36)32-23-16-26(39-5)19-27(17-23)40-6)34(20-21-10-9-13-33-12-8-7-11-28(21)33)29(35)22-14-24(37-3)18-25(15-22)38-4/h14-19,21,28H,7-13,20H2,1-6H3,(H,32,36)/t21?,28-/m1/s1. The van der Waals surface area contributed by atoms with Crippen LogP contribution in [0.1, 0.15) is 56.3 Å². The molecular formula is C31H43N3O6. The van der Waals surface area contributed by atoms with Gasteiger partial charge in [-0.2, -0.15) is 0 Å². The number of methoxy groups -OCH3 is 4. The van der Waals surface area contributed by atoms with Gasteiger partial charge in [-0.25, -0.2) is 0 Å². The van der Waals surface area contributed by atoms with Gasteiger partial charge < -0.3 is 34.1 Å². The molecule has 0 aromatic heterocycles. The minimum atomic E-state index is -1.18. The molecule has 1 N–H and O–H groups in total. The fourth-order valence-corrected chi connectivity index (χ4v) is 5.96. The highest BCUT2D eigenvalue weighted by Gasteiger charge is 2.42. The van der Waals surface area contributed by atoms with Crippen molar-refractivity contribution in [3.8, 4) is 23.0 Å². The Kier molecular flexibility index (Phi) is 9.45. The highest BCUT2D eigenvalue weighted by molar-refractivity contribution is 6.03. The first kappa shape index (κ1) is 29.5. The van der Waals surface area contributed by atoms with E-state index < -0.39 is 5.54 Å². The number of fused-ring (bicyclic) bond motifs is 1. The van der Waals surface area contributed by atoms with E-state index >= 15 is 0 Å². The molecule has 9 heteroatoms. The Balaban J connectivity index is 1.69. The van der Waals surface area contributed by atoms with Gasteiger partial charge in [0.15, 0.2) is 0 Å². The third-order valence-corrected chi connectivity index (χ3v) is 8.33. The van der Waals surface area contributed by atoms with E-state index in [1.165, 1.54) is 12.8 Å². The molecule has 2 aromatic rings. The molecule has 0 spiro atoms. The maximum Gasteiger partial charge on any atom is 0.255 e. The molecule has 40 heavy (non-hydrogen) atoms. The van der Waals surface area contributed by atoms with Gasteiger partial charge in [0.05, 0.1) is 28.4 Å². The van der Waals surface area contributed by atoms with Crippen LogP contribution in [0.2, 0.25) is 0 Å². The third kappa shape index (κ3) is 6.46. The van der Waals surface area contributed by atoms with Crippen molar-refractivity contribution in [3.05, 3.63) is 42.0 Å². The van der Waals surface area contributed by atoms with E-state index in [1.54, 1.807) is 83.6 Å². The molecule has 2 aromatic carbocycles. The van der Waals surface area contributed by atoms with E-state index in [0.29, 0.717) is 46.8 Å². The molecule has 0 radical (unpaired) electrons. The van der Waals surface area contributed by atoms with Crippen LogP contribution in [-0.4, -0.2) is 81.3 Å². The maximum atomic E-state index is 14.3. The molecule has 2 atom stereocenters. The number of nitrogens with one attached hydrogen (secondary N) is 1. The number of amides is 2. The van der Waals surface area contributed by atoms with Crippen LogP contribution in [0.4, 0.5) is 5.69 Å². The first-order valence-corrected chi connectivity index (χ1v) is 14.0. The summed E-state index contributed by atoms with van der Waals surface area (Å²) < 4.78 is 21.6. The molecule has 0 aliphatic carbocycles. The average molecular weight is 554 g/mol. The van der Waals surface area contributed by atoms with Gasteiger partial charge in [-0.3, -0.25) is 9.59 Å². The topological polar surface area (TPSA) is 89.6 Å². The molecule has 2 aliphatic heterocycles. The van der Waals surface area contributed by atoms with Crippen LogP contribution in [0.3, 0.4) is 0 Å². The lowest BCUT2D eigenvalue weighted by Gasteiger charge is -2.47. The van der Waals surface area contributed by atoms with E-state index in [0.717, 1.165) is 32.4 Å². The van der Waals surface area contributed by atoms with E-state index in [9.17, 15) is 9.59 Å². The first-order chi connectivity index (χ1) is 19.2. The lowest BCUT2D eigenvalue weighted by molar-refractivity contribution is -0.125. The number of carbonyl (C=O) groups is 2. The van der Waals surface area contributed by atoms with Crippen LogP contribution in [-0.2, 0) is 4.79 Å². The number of carbonyl (C=O) groups excluding carboxylic acids is 2. The monoisotopic (exact) mass is 553 g/mol. The largest absolute Gasteiger partial charge is 0.497 e. The number of rotatable bonds is 10. The van der Waals surface area contributed by atoms with Crippen LogP contribution in [0, 0.1) is 5.92 Å². The molecule has 2 fully saturated rings. The molecule has 2 aliphatic rings. The second kappa shape index (κ2) is 12.8. The number of benzene rings is 2. The summed E-state index contributed by atoms with van der Waals surface area (Å²) in [5.41, 5.74) is -0.238. The third-order valence-electron chi connectivity index (χ3n) is 8.33. The van der Waals surface area contributed by atoms with Gasteiger partial charge in [-0.1, -0.05) is 6.42 Å². The lowest BCUT2D eigenvalue weighted by atomic mass is 9.82. The Hall–Kier alpha value is -3.46. The fraction of sp³-hybridized carbons (Fsp3) is 0.548. The van der Waals surface area contributed by atoms with E-state index in [2.05, 4.69) is 10.2 Å². The van der Waals surface area contributed by atoms with Gasteiger partial charge >= 0.3 is 0 Å². The van der Waals surface area contributed by atoms with Gasteiger partial charge in [0.2, 0.25) is 5.91 Å². The van der Waals surface area contributed by atoms with Crippen LogP contribution in [0.25, 0.3) is 0 Å². The van der Waals surface area contributed by atoms with Crippen molar-refractivity contribution in [1.82, 2.24) is 9.80 Å². The SMILES string of the molecule is COc1cc(NC(=O)C(C)(C)N(CC2CCCN3CCCC[C@H]23)C(=O)c2cc(OC)cc(OC)c2)cc(OC)c1. The minimum Gasteiger partial charge on any atom is -0.497 e. The molecule has 2 amide bonds. The normalized spacial score (nSPS) is 19.2. The molecule has 1 unspecified atom stereocenters. The second-order valence-corrected chi connectivity index (χ2v) is 11.1. The molecule has 218 valence electrons. The summed E-state index contributed by atoms with van der Waals surface area (Å²) in [5, 5.41) is 3.00. The summed E-state index contributed by atoms with van der Waals surface area (Å²) in [7, 11) is 6.23. The number of ether oxygens (including phenoxy) is 4. The van der Waals surface area contributed by atoms with E-state index in [4.69, 9.17) is 18.9 Å². The maximum absolute atomic E-state index is 14.3. The number of nitrogens with zero attached hydrogens (tertiary/aromatic N) is 2. The lowest BCUT2D eigenvalue weighted by Crippen LogP contribution is -2.59. The summed E-state index contributed by atoms with van der Waals surface area (Å²) in [6.07, 6.45) is 5.65. The van der Waals surface area contributed by atoms with Crippen molar-refractivity contribution >= 4 is 17.5 Å². The van der Waals surface area contributed by atoms with Crippen molar-refractivity contribution in [2.45, 2.75) is 57.5 Å². The zero-order valence-corrected chi connectivity index (χ0v) is 24.6. The Morgan fingerprint density at radius 1 is 0.825 bits per heavy atom. The summed E-state index contributed by atoms with van der Waals surface area (Å²) in [4.78, 5) is 32.5. The highest BCUT2D eigenvalue weighted by Crippen LogP contribution is 2.35. The van der Waals surface area contributed by atoms with Gasteiger partial charge in [-0.05, 0) is 70.7 Å². The predicted molar refractivity (Wildman–Crippen MR) is 155 cm³/mol. The smallest absolute Gasteiger partial charge is 0.255 e. The highest BCUT2D eigenvalue weighted by atomic mass is 16.5. The van der Waals surface area contributed by atoms with Crippen LogP contribution >= 0.6 is 0 Å². The fourth-order valence-electron chi connectivity index (χ4n) is 5.96. The van der Waals surface area contributed by atoms with Crippen molar-refractivity contribution in [1.29, 1.82) is 0 Å². The number of anilines is 1. The predicted octanol–water partition coefficient (Wildman–Crippen LogP) is 4.85. The molecular weight excluding hydrogens is 510 g/mol. The van der Waals surface area contributed by atoms with E-state index in [1.807, 2.05) is 0 Å². The van der Waals surface area contributed by atoms with Gasteiger partial charge in [0.25, 0.3) is 5.91 Å². The molecule has 4 rings (SSSR count). The van der Waals surface area contributed by atoms with Crippen molar-refractivity contribution < 1.29 is 28.5 Å². The summed E-state index contributed by atoms with van der Waals surface area (Å²) in [6.45, 7) is 6.28. The van der Waals surface area contributed by atoms with Gasteiger partial charge in [-0.15, -0.1) is 0 Å². The summed E-state index contributed by atoms with van der Waals surface area (Å²) in [6, 6.07) is 10.8. The van der Waals surface area contributed by atoms with Gasteiger partial charge in [0.1, 0.15) is 28.5 Å². The minimum absolute atomic E-state index is 0.242. The number of hydrogen-bond acceptors (Lipinski definition) is 7. The zero-order valence-electron chi connectivity index (χ0n) is 24.6. The number of piperidine rings is 2. The van der Waals surface area contributed by atoms with Crippen molar-refractivity contribution in [2.24, 2.45) is 5.92 Å². The Labute approximate surface area is 237 Å². The Morgan fingerprint density at radius 3 is 1.95 bits per heavy atom. The van der Waals surface area contributed by atoms with Gasteiger partial charge in [0, 0.05) is 48.1 Å². The Morgan fingerprint density at radius 2 is 1.38 bits per heavy atom. The van der Waals surface area contributed by atoms with Crippen molar-refractivity contribution in [2.75, 3.05) is 53.4 Å². The van der Waals surface area contributed by atoms with E-state index in [-0.39, 0.29) is 17.7 Å². The molecule has 2 saturated heterocycles. The van der Waals surface area contributed by atoms with Crippen LogP contribution < -0.4 is 24.3 Å².